The third kappa shape index (κ3) is 3.86. The van der Waals surface area contributed by atoms with Crippen molar-refractivity contribution in [3.8, 4) is 17.2 Å². The molecular weight excluding hydrogens is 438 g/mol. The first-order chi connectivity index (χ1) is 16.3. The molecule has 2 fully saturated rings. The lowest BCUT2D eigenvalue weighted by atomic mass is 9.74. The maximum atomic E-state index is 13.4. The van der Waals surface area contributed by atoms with Gasteiger partial charge in [0, 0.05) is 23.6 Å². The molecule has 2 aromatic carbocycles. The van der Waals surface area contributed by atoms with E-state index < -0.39 is 18.2 Å². The van der Waals surface area contributed by atoms with Crippen LogP contribution in [0.3, 0.4) is 0 Å². The van der Waals surface area contributed by atoms with E-state index in [2.05, 4.69) is 13.8 Å². The molecule has 0 unspecified atom stereocenters. The summed E-state index contributed by atoms with van der Waals surface area (Å²) < 4.78 is 23.9. The van der Waals surface area contributed by atoms with E-state index in [9.17, 15) is 9.59 Å². The molecule has 0 bridgehead atoms. The second-order valence-corrected chi connectivity index (χ2v) is 9.59. The molecule has 0 saturated carbocycles. The van der Waals surface area contributed by atoms with Crippen LogP contribution >= 0.6 is 0 Å². The molecule has 4 atom stereocenters. The molecule has 0 aromatic heterocycles. The Hall–Kier alpha value is -3.26. The Morgan fingerprint density at radius 3 is 2.76 bits per heavy atom. The lowest BCUT2D eigenvalue weighted by Gasteiger charge is -2.50. The van der Waals surface area contributed by atoms with Crippen LogP contribution in [0.15, 0.2) is 42.5 Å². The van der Waals surface area contributed by atoms with E-state index >= 15 is 0 Å². The van der Waals surface area contributed by atoms with Crippen molar-refractivity contribution in [2.45, 2.75) is 50.5 Å². The molecule has 5 rings (SSSR count). The molecule has 3 heterocycles. The SMILES string of the molecule is COc1cccc2c1OC(C)(C)[C@H]1C[C@@H]3[C@H](CCN3C(=O)c3cccc(OCC(=O)O)c3)O[C@H]21. The Morgan fingerprint density at radius 2 is 2.00 bits per heavy atom. The topological polar surface area (TPSA) is 94.5 Å². The number of carboxylic acid groups (broad SMARTS) is 1. The Balaban J connectivity index is 1.39. The molecular formula is C26H29NO7. The predicted molar refractivity (Wildman–Crippen MR) is 122 cm³/mol. The fourth-order valence-electron chi connectivity index (χ4n) is 5.52. The number of likely N-dealkylation sites (tertiary alicyclic amines) is 1. The van der Waals surface area contributed by atoms with Gasteiger partial charge in [-0.1, -0.05) is 18.2 Å². The van der Waals surface area contributed by atoms with Gasteiger partial charge in [-0.3, -0.25) is 4.79 Å². The predicted octanol–water partition coefficient (Wildman–Crippen LogP) is 3.69. The minimum absolute atomic E-state index is 0.0620. The van der Waals surface area contributed by atoms with Gasteiger partial charge in [0.15, 0.2) is 18.1 Å². The molecule has 8 heteroatoms. The van der Waals surface area contributed by atoms with Gasteiger partial charge in [0.1, 0.15) is 11.4 Å². The molecule has 0 spiro atoms. The Bertz CT molecular complexity index is 1110. The summed E-state index contributed by atoms with van der Waals surface area (Å²) in [6, 6.07) is 12.5. The summed E-state index contributed by atoms with van der Waals surface area (Å²) in [4.78, 5) is 26.1. The van der Waals surface area contributed by atoms with E-state index in [0.717, 1.165) is 24.2 Å². The van der Waals surface area contributed by atoms with Crippen molar-refractivity contribution in [1.82, 2.24) is 4.90 Å². The first kappa shape index (κ1) is 22.5. The summed E-state index contributed by atoms with van der Waals surface area (Å²) in [5, 5.41) is 8.85. The highest BCUT2D eigenvalue weighted by molar-refractivity contribution is 5.95. The van der Waals surface area contributed by atoms with Gasteiger partial charge in [0.2, 0.25) is 0 Å². The van der Waals surface area contributed by atoms with Crippen LogP contribution in [0, 0.1) is 5.92 Å². The number of ether oxygens (including phenoxy) is 4. The number of hydrogen-bond donors (Lipinski definition) is 1. The average molecular weight is 468 g/mol. The summed E-state index contributed by atoms with van der Waals surface area (Å²) >= 11 is 0. The Morgan fingerprint density at radius 1 is 1.21 bits per heavy atom. The summed E-state index contributed by atoms with van der Waals surface area (Å²) in [7, 11) is 1.64. The number of para-hydroxylation sites is 1. The minimum atomic E-state index is -1.07. The lowest BCUT2D eigenvalue weighted by molar-refractivity contribution is -0.160. The fourth-order valence-corrected chi connectivity index (χ4v) is 5.52. The van der Waals surface area contributed by atoms with Gasteiger partial charge >= 0.3 is 5.97 Å². The van der Waals surface area contributed by atoms with Crippen molar-refractivity contribution in [2.75, 3.05) is 20.3 Å². The number of nitrogens with zero attached hydrogens (tertiary/aromatic N) is 1. The molecule has 2 aromatic rings. The number of methoxy groups -OCH3 is 1. The number of carbonyl (C=O) groups is 2. The number of rotatable bonds is 5. The number of fused-ring (bicyclic) bond motifs is 4. The molecule has 34 heavy (non-hydrogen) atoms. The number of carbonyl (C=O) groups excluding carboxylic acids is 1. The average Bonchev–Trinajstić information content (AvgIpc) is 3.24. The molecule has 1 N–H and O–H groups in total. The molecule has 0 radical (unpaired) electrons. The van der Waals surface area contributed by atoms with Crippen molar-refractivity contribution < 1.29 is 33.6 Å². The third-order valence-corrected chi connectivity index (χ3v) is 7.16. The molecule has 2 saturated heterocycles. The van der Waals surface area contributed by atoms with Crippen LogP contribution in [0.5, 0.6) is 17.2 Å². The van der Waals surface area contributed by atoms with Crippen LogP contribution in [0.2, 0.25) is 0 Å². The van der Waals surface area contributed by atoms with Gasteiger partial charge in [-0.2, -0.15) is 0 Å². The number of aliphatic carboxylic acids is 1. The summed E-state index contributed by atoms with van der Waals surface area (Å²) in [5.41, 5.74) is 0.967. The maximum absolute atomic E-state index is 13.4. The van der Waals surface area contributed by atoms with Gasteiger partial charge in [0.25, 0.3) is 5.91 Å². The van der Waals surface area contributed by atoms with Gasteiger partial charge in [-0.25, -0.2) is 4.79 Å². The zero-order valence-electron chi connectivity index (χ0n) is 19.5. The van der Waals surface area contributed by atoms with Crippen molar-refractivity contribution in [3.63, 3.8) is 0 Å². The Kier molecular flexibility index (Phi) is 5.64. The smallest absolute Gasteiger partial charge is 0.341 e. The number of benzene rings is 2. The summed E-state index contributed by atoms with van der Waals surface area (Å²) in [5.74, 6) is 0.682. The highest BCUT2D eigenvalue weighted by atomic mass is 16.5. The van der Waals surface area contributed by atoms with Gasteiger partial charge in [-0.05, 0) is 51.0 Å². The van der Waals surface area contributed by atoms with E-state index in [0.29, 0.717) is 23.6 Å². The summed E-state index contributed by atoms with van der Waals surface area (Å²) in [6.45, 7) is 4.27. The van der Waals surface area contributed by atoms with E-state index in [1.54, 1.807) is 31.4 Å². The highest BCUT2D eigenvalue weighted by Crippen LogP contribution is 2.54. The molecule has 3 aliphatic rings. The van der Waals surface area contributed by atoms with Crippen LogP contribution in [0.1, 0.15) is 48.7 Å². The normalized spacial score (nSPS) is 26.5. The molecule has 0 aliphatic carbocycles. The van der Waals surface area contributed by atoms with Crippen LogP contribution in [-0.4, -0.2) is 59.9 Å². The number of carboxylic acids is 1. The molecule has 180 valence electrons. The molecule has 8 nitrogen and oxygen atoms in total. The maximum Gasteiger partial charge on any atom is 0.341 e. The highest BCUT2D eigenvalue weighted by Gasteiger charge is 2.54. The monoisotopic (exact) mass is 467 g/mol. The zero-order valence-corrected chi connectivity index (χ0v) is 19.5. The van der Waals surface area contributed by atoms with E-state index in [-0.39, 0.29) is 30.1 Å². The summed E-state index contributed by atoms with van der Waals surface area (Å²) in [6.07, 6.45) is 1.33. The van der Waals surface area contributed by atoms with E-state index in [1.165, 1.54) is 0 Å². The first-order valence-electron chi connectivity index (χ1n) is 11.6. The van der Waals surface area contributed by atoms with Crippen LogP contribution in [0.4, 0.5) is 0 Å². The van der Waals surface area contributed by atoms with Crippen molar-refractivity contribution in [2.24, 2.45) is 5.92 Å². The van der Waals surface area contributed by atoms with Crippen LogP contribution in [-0.2, 0) is 9.53 Å². The second kappa shape index (κ2) is 8.51. The van der Waals surface area contributed by atoms with Gasteiger partial charge in [0.05, 0.1) is 25.4 Å². The van der Waals surface area contributed by atoms with E-state index in [4.69, 9.17) is 24.1 Å². The second-order valence-electron chi connectivity index (χ2n) is 9.59. The van der Waals surface area contributed by atoms with Crippen molar-refractivity contribution in [3.05, 3.63) is 53.6 Å². The standard InChI is InChI=1S/C26H29NO7/c1-26(2)18-13-19-20(33-23(18)17-8-5-9-21(31-3)24(17)34-26)10-11-27(19)25(30)15-6-4-7-16(12-15)32-14-22(28)29/h4-9,12,18-20,23H,10-11,13-14H2,1-3H3,(H,28,29)/t18-,19+,20-,23+/m0/s1. The number of amides is 1. The zero-order chi connectivity index (χ0) is 24.0. The first-order valence-corrected chi connectivity index (χ1v) is 11.6. The lowest BCUT2D eigenvalue weighted by Crippen LogP contribution is -2.54. The largest absolute Gasteiger partial charge is 0.493 e. The van der Waals surface area contributed by atoms with Crippen molar-refractivity contribution in [1.29, 1.82) is 0 Å². The molecule has 1 amide bonds. The van der Waals surface area contributed by atoms with Gasteiger partial charge in [-0.15, -0.1) is 0 Å². The number of hydrogen-bond acceptors (Lipinski definition) is 6. The quantitative estimate of drug-likeness (QED) is 0.717. The van der Waals surface area contributed by atoms with Gasteiger partial charge < -0.3 is 29.0 Å². The van der Waals surface area contributed by atoms with Crippen LogP contribution < -0.4 is 14.2 Å². The third-order valence-electron chi connectivity index (χ3n) is 7.16. The van der Waals surface area contributed by atoms with Crippen LogP contribution in [0.25, 0.3) is 0 Å². The van der Waals surface area contributed by atoms with E-state index in [1.807, 2.05) is 23.1 Å². The fraction of sp³-hybridized carbons (Fsp3) is 0.462. The minimum Gasteiger partial charge on any atom is -0.493 e. The Labute approximate surface area is 198 Å². The van der Waals surface area contributed by atoms with Crippen molar-refractivity contribution >= 4 is 11.9 Å². The molecule has 3 aliphatic heterocycles.